The second kappa shape index (κ2) is 6.88. The van der Waals surface area contributed by atoms with Crippen LogP contribution in [-0.4, -0.2) is 13.1 Å². The van der Waals surface area contributed by atoms with Gasteiger partial charge >= 0.3 is 5.97 Å². The number of rotatable bonds is 3. The molecule has 4 rings (SSSR count). The van der Waals surface area contributed by atoms with Crippen LogP contribution in [0.5, 0.6) is 5.75 Å². The van der Waals surface area contributed by atoms with E-state index >= 15 is 0 Å². The molecule has 0 N–H and O–H groups in total. The van der Waals surface area contributed by atoms with E-state index < -0.39 is 5.97 Å². The molecule has 2 aromatic carbocycles. The zero-order valence-corrected chi connectivity index (χ0v) is 16.0. The van der Waals surface area contributed by atoms with Crippen molar-refractivity contribution in [2.24, 2.45) is 5.16 Å². The van der Waals surface area contributed by atoms with Crippen molar-refractivity contribution in [2.45, 2.75) is 20.8 Å². The fourth-order valence-electron chi connectivity index (χ4n) is 3.27. The lowest BCUT2D eigenvalue weighted by Gasteiger charge is -2.10. The number of aryl methyl sites for hydroxylation is 2. The highest BCUT2D eigenvalue weighted by Gasteiger charge is 2.16. The average molecular weight is 377 g/mol. The lowest BCUT2D eigenvalue weighted by atomic mass is 9.98. The molecule has 0 saturated heterocycles. The van der Waals surface area contributed by atoms with Crippen molar-refractivity contribution in [3.05, 3.63) is 59.3 Å². The minimum atomic E-state index is -0.518. The third-order valence-corrected chi connectivity index (χ3v) is 4.67. The maximum absolute atomic E-state index is 11.2. The molecule has 6 heteroatoms. The van der Waals surface area contributed by atoms with Gasteiger partial charge in [-0.05, 0) is 53.9 Å². The number of carbonyl (C=O) groups is 1. The lowest BCUT2D eigenvalue weighted by Crippen LogP contribution is -2.05. The Balaban J connectivity index is 2.07. The van der Waals surface area contributed by atoms with Crippen LogP contribution in [0.4, 0.5) is 0 Å². The zero-order valence-electron chi connectivity index (χ0n) is 16.0. The van der Waals surface area contributed by atoms with Gasteiger partial charge in [0.2, 0.25) is 0 Å². The molecule has 0 saturated carbocycles. The number of hydrogen-bond acceptors (Lipinski definition) is 6. The van der Waals surface area contributed by atoms with Gasteiger partial charge < -0.3 is 18.4 Å². The molecule has 2 aromatic heterocycles. The molecule has 0 bridgehead atoms. The van der Waals surface area contributed by atoms with Gasteiger partial charge in [0.1, 0.15) is 16.9 Å². The highest BCUT2D eigenvalue weighted by atomic mass is 16.7. The van der Waals surface area contributed by atoms with Crippen molar-refractivity contribution in [3.63, 3.8) is 0 Å². The summed E-state index contributed by atoms with van der Waals surface area (Å²) < 4.78 is 16.9. The van der Waals surface area contributed by atoms with Crippen LogP contribution in [0.2, 0.25) is 0 Å². The van der Waals surface area contributed by atoms with Gasteiger partial charge in [0.25, 0.3) is 5.55 Å². The van der Waals surface area contributed by atoms with Crippen LogP contribution in [0.25, 0.3) is 33.1 Å². The van der Waals surface area contributed by atoms with Gasteiger partial charge in [-0.2, -0.15) is 0 Å². The highest BCUT2D eigenvalue weighted by molar-refractivity contribution is 6.04. The summed E-state index contributed by atoms with van der Waals surface area (Å²) in [6.07, 6.45) is 1.73. The first kappa shape index (κ1) is 17.9. The first-order valence-corrected chi connectivity index (χ1v) is 8.79. The Hall–Kier alpha value is -3.54. The summed E-state index contributed by atoms with van der Waals surface area (Å²) in [5.41, 5.74) is 5.35. The third-order valence-electron chi connectivity index (χ3n) is 4.67. The van der Waals surface area contributed by atoms with Crippen molar-refractivity contribution in [1.82, 2.24) is 0 Å². The Labute approximate surface area is 161 Å². The monoisotopic (exact) mass is 377 g/mol. The Morgan fingerprint density at radius 3 is 2.46 bits per heavy atom. The van der Waals surface area contributed by atoms with E-state index in [4.69, 9.17) is 18.4 Å². The van der Waals surface area contributed by atoms with Crippen LogP contribution >= 0.6 is 0 Å². The number of ether oxygens (including phenoxy) is 1. The number of benzene rings is 2. The lowest BCUT2D eigenvalue weighted by molar-refractivity contribution is -0.141. The minimum Gasteiger partial charge on any atom is -0.497 e. The first-order valence-electron chi connectivity index (χ1n) is 8.79. The van der Waals surface area contributed by atoms with Gasteiger partial charge in [-0.25, -0.2) is 4.79 Å². The fourth-order valence-corrected chi connectivity index (χ4v) is 3.27. The van der Waals surface area contributed by atoms with Gasteiger partial charge in [0, 0.05) is 29.3 Å². The first-order chi connectivity index (χ1) is 13.5. The van der Waals surface area contributed by atoms with E-state index in [0.29, 0.717) is 5.58 Å². The number of carbonyl (C=O) groups excluding carboxylic acids is 1. The summed E-state index contributed by atoms with van der Waals surface area (Å²) in [6.45, 7) is 5.23. The molecule has 0 amide bonds. The Bertz CT molecular complexity index is 1260. The fraction of sp³-hybridized carbons (Fsp3) is 0.182. The molecule has 0 atom stereocenters. The van der Waals surface area contributed by atoms with Crippen molar-refractivity contribution in [3.8, 4) is 16.9 Å². The summed E-state index contributed by atoms with van der Waals surface area (Å²) in [4.78, 5) is 15.9. The normalized spacial score (nSPS) is 11.9. The van der Waals surface area contributed by atoms with Gasteiger partial charge in [0.15, 0.2) is 0 Å². The molecule has 142 valence electrons. The van der Waals surface area contributed by atoms with Gasteiger partial charge in [-0.15, -0.1) is 0 Å². The van der Waals surface area contributed by atoms with Crippen LogP contribution < -0.4 is 10.3 Å². The molecule has 2 heterocycles. The zero-order chi connectivity index (χ0) is 19.8. The van der Waals surface area contributed by atoms with E-state index in [1.165, 1.54) is 6.92 Å². The topological polar surface area (TPSA) is 74.2 Å². The molecule has 0 spiro atoms. The highest BCUT2D eigenvalue weighted by Crippen LogP contribution is 2.35. The van der Waals surface area contributed by atoms with E-state index in [0.717, 1.165) is 44.4 Å². The molecular weight excluding hydrogens is 358 g/mol. The summed E-state index contributed by atoms with van der Waals surface area (Å²) in [5.74, 6) is 0.248. The summed E-state index contributed by atoms with van der Waals surface area (Å²) in [6, 6.07) is 11.5. The Kier molecular flexibility index (Phi) is 4.39. The SMILES string of the molecule is COc1ccc(-c2c/c(=N\OC(C)=O)oc3c(C)c4occ(C)c4cc23)cc1. The molecule has 4 aromatic rings. The standard InChI is InChI=1S/C22H19NO5/c1-12-11-26-21-13(2)22-19(9-17(12)21)18(10-20(27-22)23-28-14(3)24)15-5-7-16(25-4)8-6-15/h5-11H,1-4H3/b23-20+. The quantitative estimate of drug-likeness (QED) is 0.377. The van der Waals surface area contributed by atoms with Gasteiger partial charge in [-0.1, -0.05) is 12.1 Å². The molecule has 0 aliphatic heterocycles. The van der Waals surface area contributed by atoms with E-state index in [-0.39, 0.29) is 5.55 Å². The molecule has 6 nitrogen and oxygen atoms in total. The molecular formula is C22H19NO5. The molecule has 28 heavy (non-hydrogen) atoms. The van der Waals surface area contributed by atoms with E-state index in [2.05, 4.69) is 11.2 Å². The maximum Gasteiger partial charge on any atom is 0.332 e. The molecule has 0 fully saturated rings. The molecule has 0 aliphatic rings. The predicted molar refractivity (Wildman–Crippen MR) is 105 cm³/mol. The number of nitrogens with zero attached hydrogens (tertiary/aromatic N) is 1. The number of hydrogen-bond donors (Lipinski definition) is 0. The van der Waals surface area contributed by atoms with E-state index in [9.17, 15) is 4.79 Å². The molecule has 0 aliphatic carbocycles. The number of fused-ring (bicyclic) bond motifs is 2. The van der Waals surface area contributed by atoms with E-state index in [1.807, 2.05) is 38.1 Å². The van der Waals surface area contributed by atoms with Crippen molar-refractivity contribution in [1.29, 1.82) is 0 Å². The third kappa shape index (κ3) is 3.03. The summed E-state index contributed by atoms with van der Waals surface area (Å²) in [5, 5.41) is 5.78. The van der Waals surface area contributed by atoms with Crippen molar-refractivity contribution in [2.75, 3.05) is 7.11 Å². The molecule has 0 unspecified atom stereocenters. The van der Waals surface area contributed by atoms with Crippen LogP contribution in [0, 0.1) is 13.8 Å². The van der Waals surface area contributed by atoms with Crippen LogP contribution in [0.1, 0.15) is 18.1 Å². The summed E-state index contributed by atoms with van der Waals surface area (Å²) in [7, 11) is 1.63. The van der Waals surface area contributed by atoms with Crippen LogP contribution in [0.3, 0.4) is 0 Å². The van der Waals surface area contributed by atoms with Crippen LogP contribution in [0.15, 0.2) is 56.7 Å². The predicted octanol–water partition coefficient (Wildman–Crippen LogP) is 4.85. The maximum atomic E-state index is 11.2. The van der Waals surface area contributed by atoms with E-state index in [1.54, 1.807) is 19.4 Å². The van der Waals surface area contributed by atoms with Gasteiger partial charge in [-0.3, -0.25) is 0 Å². The van der Waals surface area contributed by atoms with Crippen LogP contribution in [-0.2, 0) is 9.63 Å². The number of furan rings is 1. The van der Waals surface area contributed by atoms with Crippen molar-refractivity contribution >= 4 is 27.9 Å². The Morgan fingerprint density at radius 2 is 1.79 bits per heavy atom. The number of methoxy groups -OCH3 is 1. The smallest absolute Gasteiger partial charge is 0.332 e. The summed E-state index contributed by atoms with van der Waals surface area (Å²) >= 11 is 0. The average Bonchev–Trinajstić information content (AvgIpc) is 3.07. The Morgan fingerprint density at radius 1 is 1.04 bits per heavy atom. The van der Waals surface area contributed by atoms with Crippen molar-refractivity contribution < 1.29 is 23.2 Å². The largest absolute Gasteiger partial charge is 0.497 e. The second-order valence-electron chi connectivity index (χ2n) is 6.57. The molecule has 0 radical (unpaired) electrons. The minimum absolute atomic E-state index is 0.194. The van der Waals surface area contributed by atoms with Gasteiger partial charge in [0.05, 0.1) is 13.4 Å². The second-order valence-corrected chi connectivity index (χ2v) is 6.57.